The Morgan fingerprint density at radius 2 is 2.08 bits per heavy atom. The smallest absolute Gasteiger partial charge is 0.262 e. The SMILES string of the molecule is CNC(=O)C1CN(C(=O)CN2CCOC(C)C2)c2ccccc2O1. The van der Waals surface area contributed by atoms with E-state index in [1.165, 1.54) is 0 Å². The number of nitrogens with one attached hydrogen (secondary N) is 1. The summed E-state index contributed by atoms with van der Waals surface area (Å²) < 4.78 is 11.2. The molecule has 2 heterocycles. The van der Waals surface area contributed by atoms with Crippen LogP contribution in [0.5, 0.6) is 5.75 Å². The van der Waals surface area contributed by atoms with Crippen LogP contribution in [-0.2, 0) is 14.3 Å². The van der Waals surface area contributed by atoms with Crippen molar-refractivity contribution < 1.29 is 19.1 Å². The first-order valence-electron chi connectivity index (χ1n) is 8.20. The van der Waals surface area contributed by atoms with Gasteiger partial charge in [-0.1, -0.05) is 12.1 Å². The predicted octanol–water partition coefficient (Wildman–Crippen LogP) is 0.247. The van der Waals surface area contributed by atoms with Gasteiger partial charge in [0.1, 0.15) is 5.75 Å². The van der Waals surface area contributed by atoms with Gasteiger partial charge in [-0.05, 0) is 19.1 Å². The summed E-state index contributed by atoms with van der Waals surface area (Å²) in [5.41, 5.74) is 0.712. The van der Waals surface area contributed by atoms with E-state index in [-0.39, 0.29) is 24.5 Å². The van der Waals surface area contributed by atoms with Crippen LogP contribution in [0.2, 0.25) is 0 Å². The fourth-order valence-corrected chi connectivity index (χ4v) is 3.08. The molecule has 0 radical (unpaired) electrons. The van der Waals surface area contributed by atoms with Gasteiger partial charge in [0.15, 0.2) is 6.10 Å². The number of hydrogen-bond donors (Lipinski definition) is 1. The highest BCUT2D eigenvalue weighted by atomic mass is 16.5. The molecule has 1 aromatic rings. The number of amides is 2. The number of hydrogen-bond acceptors (Lipinski definition) is 5. The number of carbonyl (C=O) groups is 2. The molecule has 0 saturated carbocycles. The third-order valence-electron chi connectivity index (χ3n) is 4.30. The molecule has 7 heteroatoms. The number of para-hydroxylation sites is 2. The summed E-state index contributed by atoms with van der Waals surface area (Å²) in [4.78, 5) is 28.6. The zero-order chi connectivity index (χ0) is 17.1. The van der Waals surface area contributed by atoms with Gasteiger partial charge in [-0.25, -0.2) is 0 Å². The van der Waals surface area contributed by atoms with E-state index in [0.29, 0.717) is 24.6 Å². The summed E-state index contributed by atoms with van der Waals surface area (Å²) in [6.07, 6.45) is -0.570. The molecule has 130 valence electrons. The minimum Gasteiger partial charge on any atom is -0.477 e. The van der Waals surface area contributed by atoms with Crippen LogP contribution in [0, 0.1) is 0 Å². The Balaban J connectivity index is 1.77. The summed E-state index contributed by atoms with van der Waals surface area (Å²) in [5, 5.41) is 2.58. The Labute approximate surface area is 141 Å². The third-order valence-corrected chi connectivity index (χ3v) is 4.30. The lowest BCUT2D eigenvalue weighted by Crippen LogP contribution is -2.53. The first kappa shape index (κ1) is 16.7. The van der Waals surface area contributed by atoms with Crippen molar-refractivity contribution in [2.45, 2.75) is 19.1 Å². The van der Waals surface area contributed by atoms with E-state index in [1.807, 2.05) is 25.1 Å². The van der Waals surface area contributed by atoms with E-state index >= 15 is 0 Å². The van der Waals surface area contributed by atoms with Crippen molar-refractivity contribution in [3.63, 3.8) is 0 Å². The lowest BCUT2D eigenvalue weighted by Gasteiger charge is -2.36. The van der Waals surface area contributed by atoms with Gasteiger partial charge < -0.3 is 19.7 Å². The molecule has 1 N–H and O–H groups in total. The van der Waals surface area contributed by atoms with E-state index in [1.54, 1.807) is 18.0 Å². The number of nitrogens with zero attached hydrogens (tertiary/aromatic N) is 2. The normalized spacial score (nSPS) is 24.0. The molecule has 0 aliphatic carbocycles. The number of rotatable bonds is 3. The van der Waals surface area contributed by atoms with Gasteiger partial charge >= 0.3 is 0 Å². The molecule has 3 rings (SSSR count). The summed E-state index contributed by atoms with van der Waals surface area (Å²) in [7, 11) is 1.56. The zero-order valence-electron chi connectivity index (χ0n) is 14.0. The molecule has 7 nitrogen and oxygen atoms in total. The van der Waals surface area contributed by atoms with Crippen LogP contribution < -0.4 is 15.0 Å². The first-order valence-corrected chi connectivity index (χ1v) is 8.20. The zero-order valence-corrected chi connectivity index (χ0v) is 14.0. The van der Waals surface area contributed by atoms with Gasteiger partial charge in [0, 0.05) is 20.1 Å². The average Bonchev–Trinajstić information content (AvgIpc) is 2.60. The summed E-state index contributed by atoms with van der Waals surface area (Å²) in [5.74, 6) is 0.289. The summed E-state index contributed by atoms with van der Waals surface area (Å²) in [6, 6.07) is 7.31. The molecule has 2 aliphatic heterocycles. The van der Waals surface area contributed by atoms with Gasteiger partial charge in [0.2, 0.25) is 5.91 Å². The largest absolute Gasteiger partial charge is 0.477 e. The van der Waals surface area contributed by atoms with Crippen molar-refractivity contribution in [2.24, 2.45) is 0 Å². The Morgan fingerprint density at radius 3 is 2.83 bits per heavy atom. The summed E-state index contributed by atoms with van der Waals surface area (Å²) in [6.45, 7) is 4.63. The van der Waals surface area contributed by atoms with E-state index in [2.05, 4.69) is 10.2 Å². The van der Waals surface area contributed by atoms with Gasteiger partial charge in [-0.15, -0.1) is 0 Å². The number of benzene rings is 1. The highest BCUT2D eigenvalue weighted by molar-refractivity contribution is 5.98. The maximum atomic E-state index is 12.8. The molecule has 24 heavy (non-hydrogen) atoms. The number of ether oxygens (including phenoxy) is 2. The molecule has 2 unspecified atom stereocenters. The van der Waals surface area contributed by atoms with E-state index in [0.717, 1.165) is 13.1 Å². The molecular weight excluding hydrogens is 310 g/mol. The maximum Gasteiger partial charge on any atom is 0.262 e. The molecule has 1 aromatic carbocycles. The lowest BCUT2D eigenvalue weighted by molar-refractivity contribution is -0.128. The van der Waals surface area contributed by atoms with Crippen LogP contribution in [0.4, 0.5) is 5.69 Å². The van der Waals surface area contributed by atoms with Gasteiger partial charge in [0.05, 0.1) is 31.5 Å². The number of likely N-dealkylation sites (N-methyl/N-ethyl adjacent to an activating group) is 1. The molecule has 0 bridgehead atoms. The van der Waals surface area contributed by atoms with Crippen molar-refractivity contribution in [1.29, 1.82) is 0 Å². The predicted molar refractivity (Wildman–Crippen MR) is 89.1 cm³/mol. The third kappa shape index (κ3) is 3.52. The maximum absolute atomic E-state index is 12.8. The van der Waals surface area contributed by atoms with E-state index < -0.39 is 6.10 Å². The second kappa shape index (κ2) is 7.19. The molecule has 1 fully saturated rings. The van der Waals surface area contributed by atoms with Crippen molar-refractivity contribution in [3.05, 3.63) is 24.3 Å². The second-order valence-corrected chi connectivity index (χ2v) is 6.11. The first-order chi connectivity index (χ1) is 11.6. The topological polar surface area (TPSA) is 71.1 Å². The Hall–Kier alpha value is -2.12. The number of fused-ring (bicyclic) bond motifs is 1. The van der Waals surface area contributed by atoms with E-state index in [4.69, 9.17) is 9.47 Å². The molecule has 0 aromatic heterocycles. The number of carbonyl (C=O) groups excluding carboxylic acids is 2. The van der Waals surface area contributed by atoms with Gasteiger partial charge in [-0.3, -0.25) is 14.5 Å². The van der Waals surface area contributed by atoms with Gasteiger partial charge in [-0.2, -0.15) is 0 Å². The lowest BCUT2D eigenvalue weighted by atomic mass is 10.1. The van der Waals surface area contributed by atoms with Crippen LogP contribution in [0.1, 0.15) is 6.92 Å². The van der Waals surface area contributed by atoms with Crippen LogP contribution in [0.25, 0.3) is 0 Å². The highest BCUT2D eigenvalue weighted by Crippen LogP contribution is 2.33. The van der Waals surface area contributed by atoms with Crippen molar-refractivity contribution >= 4 is 17.5 Å². The van der Waals surface area contributed by atoms with Crippen LogP contribution >= 0.6 is 0 Å². The van der Waals surface area contributed by atoms with E-state index in [9.17, 15) is 9.59 Å². The second-order valence-electron chi connectivity index (χ2n) is 6.11. The molecule has 0 spiro atoms. The Bertz CT molecular complexity index is 622. The number of morpholine rings is 1. The van der Waals surface area contributed by atoms with Crippen molar-refractivity contribution in [2.75, 3.05) is 44.7 Å². The molecule has 1 saturated heterocycles. The van der Waals surface area contributed by atoms with Crippen LogP contribution in [0.15, 0.2) is 24.3 Å². The fraction of sp³-hybridized carbons (Fsp3) is 0.529. The van der Waals surface area contributed by atoms with Crippen molar-refractivity contribution in [1.82, 2.24) is 10.2 Å². The Kier molecular flexibility index (Phi) is 5.01. The van der Waals surface area contributed by atoms with Gasteiger partial charge in [0.25, 0.3) is 5.91 Å². The minimum absolute atomic E-state index is 0.0336. The molecule has 2 amide bonds. The van der Waals surface area contributed by atoms with Crippen LogP contribution in [0.3, 0.4) is 0 Å². The standard InChI is InChI=1S/C17H23N3O4/c1-12-9-19(7-8-23-12)11-16(21)20-10-15(17(22)18-2)24-14-6-4-3-5-13(14)20/h3-6,12,15H,7-11H2,1-2H3,(H,18,22). The number of anilines is 1. The van der Waals surface area contributed by atoms with Crippen LogP contribution in [-0.4, -0.2) is 68.8 Å². The molecule has 2 atom stereocenters. The monoisotopic (exact) mass is 333 g/mol. The quantitative estimate of drug-likeness (QED) is 0.858. The minimum atomic E-state index is -0.697. The molecular formula is C17H23N3O4. The highest BCUT2D eigenvalue weighted by Gasteiger charge is 2.34. The van der Waals surface area contributed by atoms with Crippen molar-refractivity contribution in [3.8, 4) is 5.75 Å². The Morgan fingerprint density at radius 1 is 1.29 bits per heavy atom. The average molecular weight is 333 g/mol. The summed E-state index contributed by atoms with van der Waals surface area (Å²) >= 11 is 0. The molecule has 2 aliphatic rings. The fourth-order valence-electron chi connectivity index (χ4n) is 3.08.